The molecule has 0 spiro atoms. The van der Waals surface area contributed by atoms with Crippen molar-refractivity contribution in [3.8, 4) is 23.0 Å². The van der Waals surface area contributed by atoms with Gasteiger partial charge in [0.1, 0.15) is 11.5 Å². The number of rotatable bonds is 11. The number of likely N-dealkylation sites (tertiary alicyclic amines) is 1. The first-order valence-corrected chi connectivity index (χ1v) is 11.7. The van der Waals surface area contributed by atoms with Crippen LogP contribution in [-0.4, -0.2) is 81.7 Å². The van der Waals surface area contributed by atoms with Gasteiger partial charge in [0.2, 0.25) is 5.75 Å². The smallest absolute Gasteiger partial charge is 0.295 e. The zero-order chi connectivity index (χ0) is 26.4. The summed E-state index contributed by atoms with van der Waals surface area (Å²) < 4.78 is 22.0. The summed E-state index contributed by atoms with van der Waals surface area (Å²) in [5, 5.41) is 11.3. The predicted octanol–water partition coefficient (Wildman–Crippen LogP) is 3.48. The third kappa shape index (κ3) is 5.41. The fraction of sp³-hybridized carbons (Fsp3) is 0.407. The molecule has 3 rings (SSSR count). The molecule has 0 aromatic heterocycles. The van der Waals surface area contributed by atoms with E-state index in [4.69, 9.17) is 18.9 Å². The lowest BCUT2D eigenvalue weighted by Gasteiger charge is -2.27. The predicted molar refractivity (Wildman–Crippen MR) is 136 cm³/mol. The van der Waals surface area contributed by atoms with Crippen LogP contribution in [0.1, 0.15) is 30.5 Å². The van der Waals surface area contributed by atoms with Crippen molar-refractivity contribution >= 4 is 17.4 Å². The summed E-state index contributed by atoms with van der Waals surface area (Å²) in [6.45, 7) is 3.39. The molecule has 0 aliphatic carbocycles. The summed E-state index contributed by atoms with van der Waals surface area (Å²) in [6.07, 6.45) is 0.868. The third-order valence-electron chi connectivity index (χ3n) is 5.93. The van der Waals surface area contributed by atoms with Gasteiger partial charge in [-0.1, -0.05) is 6.92 Å². The van der Waals surface area contributed by atoms with Gasteiger partial charge in [0.05, 0.1) is 39.6 Å². The van der Waals surface area contributed by atoms with Crippen LogP contribution in [0.25, 0.3) is 5.76 Å². The van der Waals surface area contributed by atoms with Gasteiger partial charge in [0, 0.05) is 18.7 Å². The summed E-state index contributed by atoms with van der Waals surface area (Å²) in [6, 6.07) is 9.31. The Labute approximate surface area is 211 Å². The molecule has 2 aromatic rings. The number of hydrogen-bond donors (Lipinski definition) is 1. The lowest BCUT2D eigenvalue weighted by Crippen LogP contribution is -2.35. The van der Waals surface area contributed by atoms with E-state index in [1.807, 2.05) is 25.9 Å². The number of carbonyl (C=O) groups is 2. The number of ketones is 1. The van der Waals surface area contributed by atoms with E-state index >= 15 is 0 Å². The van der Waals surface area contributed by atoms with E-state index < -0.39 is 17.7 Å². The minimum atomic E-state index is -0.852. The summed E-state index contributed by atoms with van der Waals surface area (Å²) in [5.74, 6) is 0.0977. The van der Waals surface area contributed by atoms with Crippen LogP contribution in [-0.2, 0) is 9.59 Å². The maximum absolute atomic E-state index is 13.3. The molecule has 36 heavy (non-hydrogen) atoms. The van der Waals surface area contributed by atoms with Gasteiger partial charge in [-0.15, -0.1) is 0 Å². The Bertz CT molecular complexity index is 1100. The molecule has 0 radical (unpaired) electrons. The van der Waals surface area contributed by atoms with Crippen molar-refractivity contribution in [2.24, 2.45) is 0 Å². The molecule has 0 bridgehead atoms. The van der Waals surface area contributed by atoms with Gasteiger partial charge < -0.3 is 33.9 Å². The average Bonchev–Trinajstić information content (AvgIpc) is 3.14. The van der Waals surface area contributed by atoms with Crippen molar-refractivity contribution in [2.45, 2.75) is 19.4 Å². The number of Topliss-reactive ketones (excluding diaryl/α,β-unsaturated/α-hetero) is 1. The molecule has 1 aliphatic rings. The number of hydrogen-bond acceptors (Lipinski definition) is 8. The minimum Gasteiger partial charge on any atom is -0.507 e. The number of methoxy groups -OCH3 is 3. The highest BCUT2D eigenvalue weighted by atomic mass is 16.5. The highest BCUT2D eigenvalue weighted by Crippen LogP contribution is 2.45. The van der Waals surface area contributed by atoms with Crippen LogP contribution in [0.15, 0.2) is 42.0 Å². The van der Waals surface area contributed by atoms with Crippen LogP contribution in [0.5, 0.6) is 23.0 Å². The summed E-state index contributed by atoms with van der Waals surface area (Å²) in [5.41, 5.74) is 0.948. The summed E-state index contributed by atoms with van der Waals surface area (Å²) >= 11 is 0. The Balaban J connectivity index is 2.17. The van der Waals surface area contributed by atoms with Gasteiger partial charge in [-0.25, -0.2) is 0 Å². The minimum absolute atomic E-state index is 0.00439. The molecule has 194 valence electrons. The van der Waals surface area contributed by atoms with E-state index in [-0.39, 0.29) is 17.9 Å². The lowest BCUT2D eigenvalue weighted by atomic mass is 9.94. The molecular formula is C27H34N2O7. The van der Waals surface area contributed by atoms with Crippen LogP contribution in [0.2, 0.25) is 0 Å². The molecule has 1 saturated heterocycles. The number of benzene rings is 2. The maximum Gasteiger partial charge on any atom is 0.295 e. The first-order valence-electron chi connectivity index (χ1n) is 11.7. The lowest BCUT2D eigenvalue weighted by molar-refractivity contribution is -0.140. The highest BCUT2D eigenvalue weighted by Gasteiger charge is 2.46. The van der Waals surface area contributed by atoms with Crippen LogP contribution >= 0.6 is 0 Å². The van der Waals surface area contributed by atoms with Gasteiger partial charge in [-0.3, -0.25) is 9.59 Å². The monoisotopic (exact) mass is 498 g/mol. The Morgan fingerprint density at radius 1 is 1.00 bits per heavy atom. The first kappa shape index (κ1) is 26.9. The molecule has 1 heterocycles. The number of likely N-dealkylation sites (N-methyl/N-ethyl adjacent to an activating group) is 1. The van der Waals surface area contributed by atoms with Crippen molar-refractivity contribution in [1.29, 1.82) is 0 Å². The van der Waals surface area contributed by atoms with Crippen LogP contribution in [0, 0.1) is 0 Å². The Morgan fingerprint density at radius 3 is 2.11 bits per heavy atom. The standard InChI is InChI=1S/C27H34N2O7/c1-7-14-36-19-10-8-17(9-11-19)24(30)22-23(29(13-12-28(2)3)27(32)25(22)31)18-15-20(33-4)26(35-6)21(16-18)34-5/h8-11,15-16,23,30H,7,12-14H2,1-6H3/t23-/m1/s1. The second kappa shape index (κ2) is 11.8. The van der Waals surface area contributed by atoms with Crippen LogP contribution in [0.4, 0.5) is 0 Å². The van der Waals surface area contributed by atoms with Gasteiger partial charge in [0.25, 0.3) is 11.7 Å². The number of aliphatic hydroxyl groups is 1. The Hall–Kier alpha value is -3.72. The number of aliphatic hydroxyl groups excluding tert-OH is 1. The normalized spacial score (nSPS) is 17.0. The topological polar surface area (TPSA) is 97.8 Å². The Kier molecular flexibility index (Phi) is 8.82. The van der Waals surface area contributed by atoms with Crippen molar-refractivity contribution in [3.05, 3.63) is 53.1 Å². The number of nitrogens with zero attached hydrogens (tertiary/aromatic N) is 2. The molecule has 1 aliphatic heterocycles. The van der Waals surface area contributed by atoms with Crippen molar-refractivity contribution in [2.75, 3.05) is 55.1 Å². The zero-order valence-corrected chi connectivity index (χ0v) is 21.7. The SMILES string of the molecule is CCCOc1ccc(C(O)=C2C(=O)C(=O)N(CCN(C)C)[C@@H]2c2cc(OC)c(OC)c(OC)c2)cc1. The average molecular weight is 499 g/mol. The first-order chi connectivity index (χ1) is 17.3. The van der Waals surface area contributed by atoms with Gasteiger partial charge in [-0.2, -0.15) is 0 Å². The van der Waals surface area contributed by atoms with Crippen LogP contribution < -0.4 is 18.9 Å². The fourth-order valence-corrected chi connectivity index (χ4v) is 4.11. The molecule has 0 unspecified atom stereocenters. The molecule has 1 fully saturated rings. The van der Waals surface area contributed by atoms with Gasteiger partial charge in [-0.05, 0) is 62.5 Å². The molecule has 1 N–H and O–H groups in total. The van der Waals surface area contributed by atoms with Crippen molar-refractivity contribution in [1.82, 2.24) is 9.80 Å². The van der Waals surface area contributed by atoms with E-state index in [1.165, 1.54) is 26.2 Å². The summed E-state index contributed by atoms with van der Waals surface area (Å²) in [4.78, 5) is 29.8. The largest absolute Gasteiger partial charge is 0.507 e. The molecule has 9 nitrogen and oxygen atoms in total. The maximum atomic E-state index is 13.3. The molecular weight excluding hydrogens is 464 g/mol. The van der Waals surface area contributed by atoms with Crippen molar-refractivity contribution in [3.63, 3.8) is 0 Å². The van der Waals surface area contributed by atoms with E-state index in [0.29, 0.717) is 47.3 Å². The number of ether oxygens (including phenoxy) is 4. The quantitative estimate of drug-likeness (QED) is 0.286. The van der Waals surface area contributed by atoms with Gasteiger partial charge in [0.15, 0.2) is 11.5 Å². The second-order valence-corrected chi connectivity index (χ2v) is 8.63. The van der Waals surface area contributed by atoms with E-state index in [9.17, 15) is 14.7 Å². The molecule has 9 heteroatoms. The number of carbonyl (C=O) groups excluding carboxylic acids is 2. The Morgan fingerprint density at radius 2 is 1.61 bits per heavy atom. The van der Waals surface area contributed by atoms with E-state index in [0.717, 1.165) is 6.42 Å². The van der Waals surface area contributed by atoms with E-state index in [2.05, 4.69) is 0 Å². The molecule has 2 aromatic carbocycles. The van der Waals surface area contributed by atoms with Crippen molar-refractivity contribution < 1.29 is 33.6 Å². The molecule has 0 saturated carbocycles. The molecule has 1 atom stereocenters. The highest BCUT2D eigenvalue weighted by molar-refractivity contribution is 6.46. The second-order valence-electron chi connectivity index (χ2n) is 8.63. The van der Waals surface area contributed by atoms with E-state index in [1.54, 1.807) is 36.4 Å². The fourth-order valence-electron chi connectivity index (χ4n) is 4.11. The van der Waals surface area contributed by atoms with Crippen LogP contribution in [0.3, 0.4) is 0 Å². The summed E-state index contributed by atoms with van der Waals surface area (Å²) in [7, 11) is 8.25. The van der Waals surface area contributed by atoms with Gasteiger partial charge >= 0.3 is 0 Å². The zero-order valence-electron chi connectivity index (χ0n) is 21.7. The molecule has 1 amide bonds. The number of amides is 1. The third-order valence-corrected chi connectivity index (χ3v) is 5.93.